The van der Waals surface area contributed by atoms with E-state index in [0.717, 1.165) is 12.1 Å². The van der Waals surface area contributed by atoms with E-state index in [2.05, 4.69) is 26.1 Å². The lowest BCUT2D eigenvalue weighted by atomic mass is 10.2. The zero-order valence-corrected chi connectivity index (χ0v) is 14.1. The van der Waals surface area contributed by atoms with Crippen molar-refractivity contribution >= 4 is 21.7 Å². The van der Waals surface area contributed by atoms with Crippen molar-refractivity contribution < 1.29 is 9.53 Å². The average Bonchev–Trinajstić information content (AvgIpc) is 3.07. The number of carbonyl (C=O) groups excluding carboxylic acids is 1. The van der Waals surface area contributed by atoms with Crippen molar-refractivity contribution in [2.75, 3.05) is 13.7 Å². The average molecular weight is 355 g/mol. The quantitative estimate of drug-likeness (QED) is 0.715. The third kappa shape index (κ3) is 3.24. The molecule has 0 amide bonds. The summed E-state index contributed by atoms with van der Waals surface area (Å²) in [6.07, 6.45) is 2.44. The van der Waals surface area contributed by atoms with Gasteiger partial charge in [0.05, 0.1) is 29.5 Å². The molecule has 0 unspecified atom stereocenters. The largest absolute Gasteiger partial charge is 0.383 e. The molecule has 0 spiro atoms. The van der Waals surface area contributed by atoms with E-state index in [1.807, 2.05) is 19.9 Å². The van der Waals surface area contributed by atoms with Crippen molar-refractivity contribution in [2.24, 2.45) is 0 Å². The van der Waals surface area contributed by atoms with Crippen molar-refractivity contribution in [3.05, 3.63) is 33.8 Å². The van der Waals surface area contributed by atoms with Crippen molar-refractivity contribution in [1.29, 1.82) is 0 Å². The van der Waals surface area contributed by atoms with Gasteiger partial charge in [-0.3, -0.25) is 14.2 Å². The molecular formula is C14H19BrN4O2. The minimum atomic E-state index is -0.0791. The predicted molar refractivity (Wildman–Crippen MR) is 82.5 cm³/mol. The lowest BCUT2D eigenvalue weighted by Gasteiger charge is -2.08. The molecule has 7 heteroatoms. The number of nitrogens with zero attached hydrogens (tertiary/aromatic N) is 4. The molecule has 0 saturated heterocycles. The third-order valence-corrected chi connectivity index (χ3v) is 3.82. The Kier molecular flexibility index (Phi) is 5.30. The van der Waals surface area contributed by atoms with Crippen LogP contribution in [0.2, 0.25) is 0 Å². The lowest BCUT2D eigenvalue weighted by Crippen LogP contribution is -2.17. The van der Waals surface area contributed by atoms with Crippen LogP contribution in [0.5, 0.6) is 0 Å². The molecule has 2 heterocycles. The van der Waals surface area contributed by atoms with Crippen LogP contribution >= 0.6 is 15.9 Å². The molecule has 0 bridgehead atoms. The molecular weight excluding hydrogens is 336 g/mol. The Hall–Kier alpha value is -1.47. The first kappa shape index (κ1) is 15.9. The first-order chi connectivity index (χ1) is 10.1. The molecule has 21 heavy (non-hydrogen) atoms. The molecule has 0 aliphatic rings. The zero-order valence-electron chi connectivity index (χ0n) is 12.5. The van der Waals surface area contributed by atoms with Gasteiger partial charge in [-0.25, -0.2) is 0 Å². The fourth-order valence-electron chi connectivity index (χ4n) is 2.12. The summed E-state index contributed by atoms with van der Waals surface area (Å²) < 4.78 is 9.14. The summed E-state index contributed by atoms with van der Waals surface area (Å²) in [5.41, 5.74) is 2.04. The molecule has 0 aromatic carbocycles. The van der Waals surface area contributed by atoms with Gasteiger partial charge >= 0.3 is 0 Å². The van der Waals surface area contributed by atoms with E-state index in [4.69, 9.17) is 4.74 Å². The highest BCUT2D eigenvalue weighted by atomic mass is 79.9. The van der Waals surface area contributed by atoms with Crippen molar-refractivity contribution in [2.45, 2.75) is 33.4 Å². The molecule has 0 saturated carbocycles. The molecule has 0 aliphatic heterocycles. The minimum Gasteiger partial charge on any atom is -0.383 e. The normalized spacial score (nSPS) is 11.0. The summed E-state index contributed by atoms with van der Waals surface area (Å²) in [6, 6.07) is 1.85. The number of ether oxygens (including phenoxy) is 1. The van der Waals surface area contributed by atoms with Crippen LogP contribution in [0.25, 0.3) is 0 Å². The van der Waals surface area contributed by atoms with Gasteiger partial charge in [-0.2, -0.15) is 10.2 Å². The molecule has 0 N–H and O–H groups in total. The van der Waals surface area contributed by atoms with Gasteiger partial charge in [-0.1, -0.05) is 6.92 Å². The summed E-state index contributed by atoms with van der Waals surface area (Å²) in [6.45, 7) is 5.69. The Bertz CT molecular complexity index is 633. The summed E-state index contributed by atoms with van der Waals surface area (Å²) in [7, 11) is 1.62. The van der Waals surface area contributed by atoms with Gasteiger partial charge in [0, 0.05) is 13.7 Å². The second-order valence-electron chi connectivity index (χ2n) is 4.58. The van der Waals surface area contributed by atoms with E-state index in [1.54, 1.807) is 22.7 Å². The smallest absolute Gasteiger partial charge is 0.230 e. The molecule has 2 aromatic heterocycles. The summed E-state index contributed by atoms with van der Waals surface area (Å²) in [5.74, 6) is -0.0791. The molecule has 114 valence electrons. The number of halogens is 1. The summed E-state index contributed by atoms with van der Waals surface area (Å²) >= 11 is 3.40. The maximum Gasteiger partial charge on any atom is 0.230 e. The maximum absolute atomic E-state index is 12.8. The highest BCUT2D eigenvalue weighted by molar-refractivity contribution is 9.10. The van der Waals surface area contributed by atoms with Crippen LogP contribution in [0, 0.1) is 0 Å². The van der Waals surface area contributed by atoms with Crippen LogP contribution in [0.3, 0.4) is 0 Å². The lowest BCUT2D eigenvalue weighted by molar-refractivity contribution is 0.101. The fraction of sp³-hybridized carbons (Fsp3) is 0.500. The fourth-order valence-corrected chi connectivity index (χ4v) is 2.60. The number of ketones is 1. The van der Waals surface area contributed by atoms with E-state index in [9.17, 15) is 4.79 Å². The SMILES string of the molecule is CCc1cc(C(=O)c2c(Br)cnn2CCOC)n(CC)n1. The number of hydrogen-bond acceptors (Lipinski definition) is 4. The summed E-state index contributed by atoms with van der Waals surface area (Å²) in [5, 5.41) is 8.65. The number of aromatic nitrogens is 4. The van der Waals surface area contributed by atoms with Crippen LogP contribution in [0.4, 0.5) is 0 Å². The highest BCUT2D eigenvalue weighted by Crippen LogP contribution is 2.20. The standard InChI is InChI=1S/C14H19BrN4O2/c1-4-10-8-12(18(5-2)17-10)14(20)13-11(15)9-16-19(13)6-7-21-3/h8-9H,4-7H2,1-3H3. The Balaban J connectivity index is 2.40. The molecule has 2 rings (SSSR count). The first-order valence-corrected chi connectivity index (χ1v) is 7.73. The second-order valence-corrected chi connectivity index (χ2v) is 5.43. The van der Waals surface area contributed by atoms with Crippen LogP contribution in [0.1, 0.15) is 35.7 Å². The van der Waals surface area contributed by atoms with E-state index in [-0.39, 0.29) is 5.78 Å². The Morgan fingerprint density at radius 1 is 1.38 bits per heavy atom. The Morgan fingerprint density at radius 3 is 2.76 bits per heavy atom. The third-order valence-electron chi connectivity index (χ3n) is 3.24. The van der Waals surface area contributed by atoms with Gasteiger partial charge in [0.15, 0.2) is 0 Å². The number of methoxy groups -OCH3 is 1. The van der Waals surface area contributed by atoms with Gasteiger partial charge in [0.1, 0.15) is 11.4 Å². The number of carbonyl (C=O) groups is 1. The molecule has 0 atom stereocenters. The summed E-state index contributed by atoms with van der Waals surface area (Å²) in [4.78, 5) is 12.8. The van der Waals surface area contributed by atoms with Crippen molar-refractivity contribution in [3.8, 4) is 0 Å². The first-order valence-electron chi connectivity index (χ1n) is 6.94. The zero-order chi connectivity index (χ0) is 15.4. The minimum absolute atomic E-state index is 0.0791. The highest BCUT2D eigenvalue weighted by Gasteiger charge is 2.22. The molecule has 6 nitrogen and oxygen atoms in total. The number of rotatable bonds is 7. The van der Waals surface area contributed by atoms with Crippen molar-refractivity contribution in [3.63, 3.8) is 0 Å². The molecule has 0 aliphatic carbocycles. The van der Waals surface area contributed by atoms with Crippen LogP contribution in [-0.4, -0.2) is 39.1 Å². The van der Waals surface area contributed by atoms with E-state index >= 15 is 0 Å². The van der Waals surface area contributed by atoms with Crippen LogP contribution in [-0.2, 0) is 24.2 Å². The van der Waals surface area contributed by atoms with Crippen LogP contribution in [0.15, 0.2) is 16.7 Å². The van der Waals surface area contributed by atoms with Gasteiger partial charge < -0.3 is 4.74 Å². The van der Waals surface area contributed by atoms with Crippen LogP contribution < -0.4 is 0 Å². The predicted octanol–water partition coefficient (Wildman–Crippen LogP) is 2.30. The van der Waals surface area contributed by atoms with Crippen molar-refractivity contribution in [1.82, 2.24) is 19.6 Å². The number of aryl methyl sites for hydroxylation is 2. The Morgan fingerprint density at radius 2 is 2.14 bits per heavy atom. The maximum atomic E-state index is 12.8. The second kappa shape index (κ2) is 7.00. The van der Waals surface area contributed by atoms with Gasteiger partial charge in [0.25, 0.3) is 0 Å². The van der Waals surface area contributed by atoms with E-state index < -0.39 is 0 Å². The van der Waals surface area contributed by atoms with Gasteiger partial charge in [0.2, 0.25) is 5.78 Å². The van der Waals surface area contributed by atoms with Gasteiger partial charge in [-0.05, 0) is 35.3 Å². The van der Waals surface area contributed by atoms with E-state index in [0.29, 0.717) is 35.6 Å². The van der Waals surface area contributed by atoms with E-state index in [1.165, 1.54) is 0 Å². The molecule has 2 aromatic rings. The monoisotopic (exact) mass is 354 g/mol. The van der Waals surface area contributed by atoms with Gasteiger partial charge in [-0.15, -0.1) is 0 Å². The molecule has 0 radical (unpaired) electrons. The number of hydrogen-bond donors (Lipinski definition) is 0. The molecule has 0 fully saturated rings. The topological polar surface area (TPSA) is 61.9 Å². The Labute approximate surface area is 132 Å².